The van der Waals surface area contributed by atoms with Gasteiger partial charge in [0.1, 0.15) is 5.75 Å². The predicted octanol–water partition coefficient (Wildman–Crippen LogP) is 2.18. The first-order chi connectivity index (χ1) is 10.7. The van der Waals surface area contributed by atoms with E-state index in [9.17, 15) is 18.0 Å². The molecule has 0 saturated carbocycles. The van der Waals surface area contributed by atoms with E-state index in [1.54, 1.807) is 6.07 Å². The Kier molecular flexibility index (Phi) is 5.48. The highest BCUT2D eigenvalue weighted by Gasteiger charge is 2.31. The molecule has 0 spiro atoms. The van der Waals surface area contributed by atoms with Gasteiger partial charge in [0.25, 0.3) is 0 Å². The molecule has 0 aliphatic carbocycles. The predicted molar refractivity (Wildman–Crippen MR) is 77.1 cm³/mol. The number of carbonyl (C=O) groups is 1. The molecule has 1 aliphatic rings. The third kappa shape index (κ3) is 5.72. The highest BCUT2D eigenvalue weighted by molar-refractivity contribution is 5.67. The Morgan fingerprint density at radius 3 is 2.78 bits per heavy atom. The number of hydrogen-bond donors (Lipinski definition) is 1. The van der Waals surface area contributed by atoms with Crippen LogP contribution in [0.25, 0.3) is 0 Å². The van der Waals surface area contributed by atoms with Crippen LogP contribution in [-0.2, 0) is 11.3 Å². The lowest BCUT2D eigenvalue weighted by Gasteiger charge is -2.39. The lowest BCUT2D eigenvalue weighted by molar-refractivity contribution is -0.274. The van der Waals surface area contributed by atoms with Gasteiger partial charge in [-0.25, -0.2) is 0 Å². The third-order valence-corrected chi connectivity index (χ3v) is 3.74. The van der Waals surface area contributed by atoms with Crippen molar-refractivity contribution in [2.75, 3.05) is 26.7 Å². The van der Waals surface area contributed by atoms with Crippen molar-refractivity contribution >= 4 is 5.97 Å². The number of aliphatic carboxylic acids is 1. The second-order valence-corrected chi connectivity index (χ2v) is 5.68. The van der Waals surface area contributed by atoms with Crippen molar-refractivity contribution in [1.29, 1.82) is 0 Å². The second kappa shape index (κ2) is 7.18. The van der Waals surface area contributed by atoms with E-state index in [4.69, 9.17) is 5.11 Å². The van der Waals surface area contributed by atoms with Crippen LogP contribution in [-0.4, -0.2) is 60.0 Å². The highest BCUT2D eigenvalue weighted by Crippen LogP contribution is 2.24. The van der Waals surface area contributed by atoms with Gasteiger partial charge in [-0.3, -0.25) is 9.69 Å². The molecule has 23 heavy (non-hydrogen) atoms. The first kappa shape index (κ1) is 17.6. The molecule has 1 N–H and O–H groups in total. The molecule has 0 aromatic heterocycles. The molecule has 1 aliphatic heterocycles. The van der Waals surface area contributed by atoms with Gasteiger partial charge in [-0.2, -0.15) is 0 Å². The van der Waals surface area contributed by atoms with Crippen LogP contribution in [0.2, 0.25) is 0 Å². The zero-order chi connectivity index (χ0) is 17.0. The molecule has 0 bridgehead atoms. The van der Waals surface area contributed by atoms with Crippen LogP contribution in [0, 0.1) is 0 Å². The fourth-order valence-electron chi connectivity index (χ4n) is 2.73. The summed E-state index contributed by atoms with van der Waals surface area (Å²) in [5.41, 5.74) is 0.659. The minimum absolute atomic E-state index is 0.00306. The first-order valence-corrected chi connectivity index (χ1v) is 7.22. The maximum Gasteiger partial charge on any atom is 0.573 e. The number of alkyl halides is 3. The van der Waals surface area contributed by atoms with Crippen molar-refractivity contribution in [3.05, 3.63) is 29.8 Å². The summed E-state index contributed by atoms with van der Waals surface area (Å²) in [6.07, 6.45) is -4.72. The topological polar surface area (TPSA) is 53.0 Å². The summed E-state index contributed by atoms with van der Waals surface area (Å²) in [6.45, 7) is 2.46. The van der Waals surface area contributed by atoms with E-state index >= 15 is 0 Å². The minimum atomic E-state index is -4.72. The number of carboxylic acid groups (broad SMARTS) is 1. The van der Waals surface area contributed by atoms with Gasteiger partial charge >= 0.3 is 12.3 Å². The highest BCUT2D eigenvalue weighted by atomic mass is 19.4. The van der Waals surface area contributed by atoms with Crippen molar-refractivity contribution in [2.45, 2.75) is 25.4 Å². The van der Waals surface area contributed by atoms with Crippen LogP contribution >= 0.6 is 0 Å². The van der Waals surface area contributed by atoms with E-state index in [0.717, 1.165) is 6.54 Å². The number of halogens is 3. The fourth-order valence-corrected chi connectivity index (χ4v) is 2.73. The average Bonchev–Trinajstić information content (AvgIpc) is 2.40. The van der Waals surface area contributed by atoms with Gasteiger partial charge in [-0.15, -0.1) is 13.2 Å². The van der Waals surface area contributed by atoms with E-state index in [1.807, 2.05) is 16.8 Å². The molecule has 1 atom stereocenters. The molecule has 128 valence electrons. The Hall–Kier alpha value is -1.80. The van der Waals surface area contributed by atoms with Crippen LogP contribution in [0.1, 0.15) is 12.0 Å². The smallest absolute Gasteiger partial charge is 0.481 e. The second-order valence-electron chi connectivity index (χ2n) is 5.68. The van der Waals surface area contributed by atoms with Crippen molar-refractivity contribution in [3.8, 4) is 5.75 Å². The molecular weight excluding hydrogens is 313 g/mol. The molecule has 1 aromatic rings. The normalized spacial score (nSPS) is 20.4. The molecule has 1 fully saturated rings. The van der Waals surface area contributed by atoms with E-state index in [0.29, 0.717) is 25.2 Å². The van der Waals surface area contributed by atoms with Gasteiger partial charge < -0.3 is 14.7 Å². The Morgan fingerprint density at radius 2 is 2.13 bits per heavy atom. The molecule has 1 heterocycles. The van der Waals surface area contributed by atoms with Crippen LogP contribution in [0.3, 0.4) is 0 Å². The van der Waals surface area contributed by atoms with Gasteiger partial charge in [-0.1, -0.05) is 12.1 Å². The number of nitrogens with zero attached hydrogens (tertiary/aromatic N) is 2. The number of rotatable bonds is 5. The molecule has 5 nitrogen and oxygen atoms in total. The van der Waals surface area contributed by atoms with Crippen LogP contribution in [0.4, 0.5) is 13.2 Å². The van der Waals surface area contributed by atoms with Gasteiger partial charge in [-0.05, 0) is 24.7 Å². The van der Waals surface area contributed by atoms with Crippen molar-refractivity contribution in [1.82, 2.24) is 9.80 Å². The van der Waals surface area contributed by atoms with Crippen LogP contribution in [0.5, 0.6) is 5.75 Å². The average molecular weight is 332 g/mol. The summed E-state index contributed by atoms with van der Waals surface area (Å²) < 4.78 is 40.7. The molecule has 1 unspecified atom stereocenters. The summed E-state index contributed by atoms with van der Waals surface area (Å²) in [4.78, 5) is 15.0. The van der Waals surface area contributed by atoms with Gasteiger partial charge in [0, 0.05) is 32.2 Å². The van der Waals surface area contributed by atoms with Gasteiger partial charge in [0.2, 0.25) is 0 Å². The number of benzene rings is 1. The maximum atomic E-state index is 12.3. The summed E-state index contributed by atoms with van der Waals surface area (Å²) >= 11 is 0. The number of likely N-dealkylation sites (N-methyl/N-ethyl adjacent to an activating group) is 1. The number of piperazine rings is 1. The molecule has 2 rings (SSSR count). The van der Waals surface area contributed by atoms with Crippen molar-refractivity contribution < 1.29 is 27.8 Å². The SMILES string of the molecule is CN1CCN(Cc2cccc(OC(F)(F)F)c2)C(CC(=O)O)C1. The van der Waals surface area contributed by atoms with Gasteiger partial charge in [0.15, 0.2) is 0 Å². The van der Waals surface area contributed by atoms with Crippen LogP contribution < -0.4 is 4.74 Å². The number of ether oxygens (including phenoxy) is 1. The monoisotopic (exact) mass is 332 g/mol. The van der Waals surface area contributed by atoms with E-state index in [2.05, 4.69) is 4.74 Å². The summed E-state index contributed by atoms with van der Waals surface area (Å²) in [5.74, 6) is -1.15. The molecular formula is C15H19F3N2O3. The minimum Gasteiger partial charge on any atom is -0.481 e. The summed E-state index contributed by atoms with van der Waals surface area (Å²) in [6, 6.07) is 5.62. The molecule has 0 radical (unpaired) electrons. The lowest BCUT2D eigenvalue weighted by atomic mass is 10.1. The molecule has 1 aromatic carbocycles. The summed E-state index contributed by atoms with van der Waals surface area (Å²) in [5, 5.41) is 9.02. The Morgan fingerprint density at radius 1 is 1.39 bits per heavy atom. The Bertz CT molecular complexity index is 551. The first-order valence-electron chi connectivity index (χ1n) is 7.22. The zero-order valence-electron chi connectivity index (χ0n) is 12.7. The third-order valence-electron chi connectivity index (χ3n) is 3.74. The Balaban J connectivity index is 2.07. The van der Waals surface area contributed by atoms with Crippen molar-refractivity contribution in [3.63, 3.8) is 0 Å². The van der Waals surface area contributed by atoms with E-state index in [1.165, 1.54) is 18.2 Å². The van der Waals surface area contributed by atoms with E-state index < -0.39 is 12.3 Å². The quantitative estimate of drug-likeness (QED) is 0.896. The fraction of sp³-hybridized carbons (Fsp3) is 0.533. The molecule has 0 amide bonds. The standard InChI is InChI=1S/C15H19F3N2O3/c1-19-5-6-20(12(10-19)8-14(21)22)9-11-3-2-4-13(7-11)23-15(16,17)18/h2-4,7,12H,5-6,8-10H2,1H3,(H,21,22). The largest absolute Gasteiger partial charge is 0.573 e. The summed E-state index contributed by atoms with van der Waals surface area (Å²) in [7, 11) is 1.92. The Labute approximate surface area is 132 Å². The van der Waals surface area contributed by atoms with Crippen molar-refractivity contribution in [2.24, 2.45) is 0 Å². The molecule has 8 heteroatoms. The van der Waals surface area contributed by atoms with E-state index in [-0.39, 0.29) is 18.2 Å². The maximum absolute atomic E-state index is 12.3. The van der Waals surface area contributed by atoms with Gasteiger partial charge in [0.05, 0.1) is 6.42 Å². The number of hydrogen-bond acceptors (Lipinski definition) is 4. The zero-order valence-corrected chi connectivity index (χ0v) is 12.7. The molecule has 1 saturated heterocycles. The number of carboxylic acids is 1. The lowest BCUT2D eigenvalue weighted by Crippen LogP contribution is -2.52. The van der Waals surface area contributed by atoms with Crippen LogP contribution in [0.15, 0.2) is 24.3 Å².